The number of carbonyl (C=O) groups is 2. The van der Waals surface area contributed by atoms with Crippen molar-refractivity contribution in [1.29, 1.82) is 0 Å². The minimum atomic E-state index is -0.369. The number of hydrogen-bond donors (Lipinski definition) is 0. The molecule has 0 N–H and O–H groups in total. The molecule has 0 bridgehead atoms. The van der Waals surface area contributed by atoms with Gasteiger partial charge >= 0.3 is 0 Å². The molecule has 5 heteroatoms. The van der Waals surface area contributed by atoms with Gasteiger partial charge in [0.1, 0.15) is 6.04 Å². The minimum absolute atomic E-state index is 0.0240. The van der Waals surface area contributed by atoms with E-state index < -0.39 is 0 Å². The minimum Gasteiger partial charge on any atom is -0.333 e. The van der Waals surface area contributed by atoms with E-state index in [-0.39, 0.29) is 29.7 Å². The molecule has 0 spiro atoms. The summed E-state index contributed by atoms with van der Waals surface area (Å²) in [6, 6.07) is 13.3. The molecular formula is C21H23N3O2. The molecule has 5 nitrogen and oxygen atoms in total. The summed E-state index contributed by atoms with van der Waals surface area (Å²) in [5.41, 5.74) is 2.02. The SMILES string of the molecule is CN(C(=O)[C@@H]1C[C@H]1c1cccnc1)[C@H]1CCCN(c2ccccc2)C1=O. The molecule has 1 aliphatic heterocycles. The molecule has 1 aromatic carbocycles. The maximum Gasteiger partial charge on any atom is 0.249 e. The first-order chi connectivity index (χ1) is 12.7. The lowest BCUT2D eigenvalue weighted by Crippen LogP contribution is -2.53. The Morgan fingerprint density at radius 2 is 2.00 bits per heavy atom. The number of hydrogen-bond acceptors (Lipinski definition) is 3. The maximum atomic E-state index is 13.0. The van der Waals surface area contributed by atoms with Crippen molar-refractivity contribution in [1.82, 2.24) is 9.88 Å². The molecule has 3 atom stereocenters. The highest BCUT2D eigenvalue weighted by Gasteiger charge is 2.47. The fourth-order valence-electron chi connectivity index (χ4n) is 3.93. The second-order valence-electron chi connectivity index (χ2n) is 7.17. The Labute approximate surface area is 153 Å². The first kappa shape index (κ1) is 16.8. The summed E-state index contributed by atoms with van der Waals surface area (Å²) in [4.78, 5) is 33.5. The molecule has 1 saturated carbocycles. The van der Waals surface area contributed by atoms with Crippen molar-refractivity contribution in [2.45, 2.75) is 31.2 Å². The van der Waals surface area contributed by atoms with Crippen molar-refractivity contribution < 1.29 is 9.59 Å². The standard InChI is InChI=1S/C21H23N3O2/c1-23(20(25)18-13-17(18)15-7-5-11-22-14-15)19-10-6-12-24(21(19)26)16-8-3-2-4-9-16/h2-5,7-9,11,14,17-19H,6,10,12-13H2,1H3/t17-,18+,19-/m0/s1. The second-order valence-corrected chi connectivity index (χ2v) is 7.17. The van der Waals surface area contributed by atoms with Gasteiger partial charge in [0.05, 0.1) is 0 Å². The highest BCUT2D eigenvalue weighted by atomic mass is 16.2. The van der Waals surface area contributed by atoms with Crippen LogP contribution in [0.1, 0.15) is 30.7 Å². The van der Waals surface area contributed by atoms with Crippen molar-refractivity contribution in [2.75, 3.05) is 18.5 Å². The molecule has 2 heterocycles. The molecule has 2 fully saturated rings. The van der Waals surface area contributed by atoms with Crippen LogP contribution in [0.4, 0.5) is 5.69 Å². The summed E-state index contributed by atoms with van der Waals surface area (Å²) in [7, 11) is 1.78. The van der Waals surface area contributed by atoms with Gasteiger partial charge in [-0.2, -0.15) is 0 Å². The number of para-hydroxylation sites is 1. The van der Waals surface area contributed by atoms with E-state index in [1.54, 1.807) is 18.1 Å². The summed E-state index contributed by atoms with van der Waals surface area (Å²) in [6.07, 6.45) is 6.06. The number of aromatic nitrogens is 1. The third-order valence-corrected chi connectivity index (χ3v) is 5.51. The van der Waals surface area contributed by atoms with E-state index in [0.717, 1.165) is 30.5 Å². The molecule has 1 aliphatic carbocycles. The lowest BCUT2D eigenvalue weighted by molar-refractivity contribution is -0.140. The number of amides is 2. The molecule has 2 aromatic rings. The predicted octanol–water partition coefficient (Wildman–Crippen LogP) is 2.84. The smallest absolute Gasteiger partial charge is 0.249 e. The van der Waals surface area contributed by atoms with E-state index in [2.05, 4.69) is 4.98 Å². The van der Waals surface area contributed by atoms with Gasteiger partial charge in [-0.15, -0.1) is 0 Å². The van der Waals surface area contributed by atoms with Crippen LogP contribution in [-0.2, 0) is 9.59 Å². The highest BCUT2D eigenvalue weighted by Crippen LogP contribution is 2.48. The lowest BCUT2D eigenvalue weighted by Gasteiger charge is -2.37. The number of piperidine rings is 1. The van der Waals surface area contributed by atoms with Crippen LogP contribution in [-0.4, -0.2) is 41.3 Å². The zero-order chi connectivity index (χ0) is 18.1. The molecular weight excluding hydrogens is 326 g/mol. The maximum absolute atomic E-state index is 13.0. The summed E-state index contributed by atoms with van der Waals surface area (Å²) in [5, 5.41) is 0. The van der Waals surface area contributed by atoms with Crippen molar-refractivity contribution >= 4 is 17.5 Å². The predicted molar refractivity (Wildman–Crippen MR) is 99.7 cm³/mol. The Hall–Kier alpha value is -2.69. The van der Waals surface area contributed by atoms with E-state index in [4.69, 9.17) is 0 Å². The zero-order valence-electron chi connectivity index (χ0n) is 14.9. The van der Waals surface area contributed by atoms with E-state index >= 15 is 0 Å². The quantitative estimate of drug-likeness (QED) is 0.853. The van der Waals surface area contributed by atoms with Gasteiger partial charge < -0.3 is 9.80 Å². The Kier molecular flexibility index (Phi) is 4.45. The molecule has 4 rings (SSSR count). The van der Waals surface area contributed by atoms with Crippen LogP contribution in [0.3, 0.4) is 0 Å². The van der Waals surface area contributed by atoms with Gasteiger partial charge in [0.25, 0.3) is 0 Å². The fraction of sp³-hybridized carbons (Fsp3) is 0.381. The Bertz CT molecular complexity index is 793. The number of benzene rings is 1. The van der Waals surface area contributed by atoms with Crippen LogP contribution in [0.2, 0.25) is 0 Å². The summed E-state index contributed by atoms with van der Waals surface area (Å²) in [6.45, 7) is 0.711. The molecule has 0 radical (unpaired) electrons. The number of anilines is 1. The van der Waals surface area contributed by atoms with Gasteiger partial charge in [-0.3, -0.25) is 14.6 Å². The third kappa shape index (κ3) is 3.09. The van der Waals surface area contributed by atoms with Crippen molar-refractivity contribution in [2.24, 2.45) is 5.92 Å². The van der Waals surface area contributed by atoms with Crippen LogP contribution in [0.5, 0.6) is 0 Å². The molecule has 1 aromatic heterocycles. The summed E-state index contributed by atoms with van der Waals surface area (Å²) < 4.78 is 0. The summed E-state index contributed by atoms with van der Waals surface area (Å²) in [5.74, 6) is 0.315. The molecule has 2 amide bonds. The van der Waals surface area contributed by atoms with Gasteiger partial charge in [-0.05, 0) is 48.9 Å². The van der Waals surface area contributed by atoms with Gasteiger partial charge in [0.2, 0.25) is 11.8 Å². The Balaban J connectivity index is 1.45. The zero-order valence-corrected chi connectivity index (χ0v) is 14.9. The number of carbonyl (C=O) groups excluding carboxylic acids is 2. The van der Waals surface area contributed by atoms with E-state index in [0.29, 0.717) is 6.54 Å². The normalized spacial score (nSPS) is 25.0. The van der Waals surface area contributed by atoms with Crippen LogP contribution < -0.4 is 4.90 Å². The van der Waals surface area contributed by atoms with Gasteiger partial charge in [0, 0.05) is 37.6 Å². The van der Waals surface area contributed by atoms with Gasteiger partial charge in [-0.25, -0.2) is 0 Å². The van der Waals surface area contributed by atoms with Crippen molar-refractivity contribution in [3.05, 3.63) is 60.4 Å². The second kappa shape index (κ2) is 6.90. The molecule has 134 valence electrons. The van der Waals surface area contributed by atoms with E-state index in [1.165, 1.54) is 0 Å². The monoisotopic (exact) mass is 349 g/mol. The topological polar surface area (TPSA) is 53.5 Å². The van der Waals surface area contributed by atoms with Crippen LogP contribution in [0.15, 0.2) is 54.9 Å². The first-order valence-corrected chi connectivity index (χ1v) is 9.20. The van der Waals surface area contributed by atoms with Gasteiger partial charge in [-0.1, -0.05) is 24.3 Å². The summed E-state index contributed by atoms with van der Waals surface area (Å²) >= 11 is 0. The van der Waals surface area contributed by atoms with Crippen molar-refractivity contribution in [3.8, 4) is 0 Å². The highest BCUT2D eigenvalue weighted by molar-refractivity contribution is 6.00. The molecule has 1 saturated heterocycles. The molecule has 0 unspecified atom stereocenters. The average molecular weight is 349 g/mol. The molecule has 2 aliphatic rings. The third-order valence-electron chi connectivity index (χ3n) is 5.51. The van der Waals surface area contributed by atoms with Crippen LogP contribution in [0, 0.1) is 5.92 Å². The van der Waals surface area contributed by atoms with Crippen molar-refractivity contribution in [3.63, 3.8) is 0 Å². The van der Waals surface area contributed by atoms with E-state index in [9.17, 15) is 9.59 Å². The van der Waals surface area contributed by atoms with Crippen LogP contribution >= 0.6 is 0 Å². The number of likely N-dealkylation sites (N-methyl/N-ethyl adjacent to an activating group) is 1. The lowest BCUT2D eigenvalue weighted by atomic mass is 10.0. The largest absolute Gasteiger partial charge is 0.333 e. The number of rotatable bonds is 4. The number of nitrogens with zero attached hydrogens (tertiary/aromatic N) is 3. The van der Waals surface area contributed by atoms with E-state index in [1.807, 2.05) is 53.6 Å². The first-order valence-electron chi connectivity index (χ1n) is 9.20. The fourth-order valence-corrected chi connectivity index (χ4v) is 3.93. The number of pyridine rings is 1. The Morgan fingerprint density at radius 3 is 2.73 bits per heavy atom. The Morgan fingerprint density at radius 1 is 1.19 bits per heavy atom. The van der Waals surface area contributed by atoms with Gasteiger partial charge in [0.15, 0.2) is 0 Å². The van der Waals surface area contributed by atoms with Crippen LogP contribution in [0.25, 0.3) is 0 Å². The molecule has 26 heavy (non-hydrogen) atoms. The average Bonchev–Trinajstić information content (AvgIpc) is 3.49.